The zero-order valence-corrected chi connectivity index (χ0v) is 10.5. The van der Waals surface area contributed by atoms with Crippen LogP contribution in [0.3, 0.4) is 0 Å². The average Bonchev–Trinajstić information content (AvgIpc) is 2.87. The number of hydrogen-bond donors (Lipinski definition) is 1. The molecule has 0 saturated carbocycles. The molecule has 0 fully saturated rings. The van der Waals surface area contributed by atoms with E-state index in [2.05, 4.69) is 46.6 Å². The van der Waals surface area contributed by atoms with Gasteiger partial charge in [0.1, 0.15) is 0 Å². The molecule has 1 heterocycles. The van der Waals surface area contributed by atoms with E-state index in [-0.39, 0.29) is 0 Å². The number of nitrogens with one attached hydrogen (secondary N) is 1. The fourth-order valence-electron chi connectivity index (χ4n) is 1.42. The summed E-state index contributed by atoms with van der Waals surface area (Å²) >= 11 is 1.71. The number of thioether (sulfide) groups is 1. The van der Waals surface area contributed by atoms with E-state index in [1.807, 2.05) is 0 Å². The molecule has 1 aromatic carbocycles. The standard InChI is InChI=1S/C12H15N3OS/c1-2-13-7-10-4-3-5-11(6-10)17-8-12-14-9-16-15-12/h3-6,9,13H,2,7-8H2,1H3. The molecule has 0 aliphatic heterocycles. The maximum absolute atomic E-state index is 4.70. The van der Waals surface area contributed by atoms with Crippen LogP contribution in [0, 0.1) is 0 Å². The van der Waals surface area contributed by atoms with E-state index in [1.54, 1.807) is 11.8 Å². The molecule has 1 aromatic heterocycles. The third-order valence-corrected chi connectivity index (χ3v) is 3.24. The summed E-state index contributed by atoms with van der Waals surface area (Å²) in [6, 6.07) is 8.49. The lowest BCUT2D eigenvalue weighted by Gasteiger charge is -2.04. The Kier molecular flexibility index (Phi) is 4.58. The van der Waals surface area contributed by atoms with Gasteiger partial charge in [-0.05, 0) is 24.2 Å². The molecular weight excluding hydrogens is 234 g/mol. The first-order chi connectivity index (χ1) is 8.38. The SMILES string of the molecule is CCNCc1cccc(SCc2ncon2)c1. The average molecular weight is 249 g/mol. The van der Waals surface area contributed by atoms with Crippen molar-refractivity contribution in [2.45, 2.75) is 24.1 Å². The van der Waals surface area contributed by atoms with Gasteiger partial charge in [0.15, 0.2) is 5.82 Å². The molecule has 1 N–H and O–H groups in total. The Balaban J connectivity index is 1.91. The molecule has 0 aliphatic rings. The van der Waals surface area contributed by atoms with Crippen LogP contribution in [0.1, 0.15) is 18.3 Å². The summed E-state index contributed by atoms with van der Waals surface area (Å²) in [5.41, 5.74) is 1.30. The van der Waals surface area contributed by atoms with Crippen molar-refractivity contribution in [3.05, 3.63) is 42.0 Å². The van der Waals surface area contributed by atoms with E-state index >= 15 is 0 Å². The van der Waals surface area contributed by atoms with Crippen LogP contribution >= 0.6 is 11.8 Å². The van der Waals surface area contributed by atoms with E-state index in [9.17, 15) is 0 Å². The molecule has 2 aromatic rings. The van der Waals surface area contributed by atoms with Gasteiger partial charge in [-0.25, -0.2) is 0 Å². The topological polar surface area (TPSA) is 51.0 Å². The van der Waals surface area contributed by atoms with Crippen molar-refractivity contribution < 1.29 is 4.52 Å². The number of hydrogen-bond acceptors (Lipinski definition) is 5. The highest BCUT2D eigenvalue weighted by molar-refractivity contribution is 7.98. The van der Waals surface area contributed by atoms with Gasteiger partial charge in [0, 0.05) is 11.4 Å². The molecule has 17 heavy (non-hydrogen) atoms. The van der Waals surface area contributed by atoms with Crippen LogP contribution in [0.5, 0.6) is 0 Å². The first-order valence-electron chi connectivity index (χ1n) is 5.56. The zero-order valence-electron chi connectivity index (χ0n) is 9.72. The molecule has 0 amide bonds. The zero-order chi connectivity index (χ0) is 11.9. The first-order valence-corrected chi connectivity index (χ1v) is 6.54. The Morgan fingerprint density at radius 2 is 2.35 bits per heavy atom. The van der Waals surface area contributed by atoms with E-state index in [0.717, 1.165) is 24.7 Å². The van der Waals surface area contributed by atoms with Crippen molar-refractivity contribution in [2.75, 3.05) is 6.54 Å². The van der Waals surface area contributed by atoms with Crippen molar-refractivity contribution in [2.24, 2.45) is 0 Å². The van der Waals surface area contributed by atoms with Crippen LogP contribution in [0.4, 0.5) is 0 Å². The first kappa shape index (κ1) is 12.1. The second-order valence-corrected chi connectivity index (χ2v) is 4.61. The fraction of sp³-hybridized carbons (Fsp3) is 0.333. The number of aromatic nitrogens is 2. The third kappa shape index (κ3) is 3.87. The van der Waals surface area contributed by atoms with Gasteiger partial charge in [0.05, 0.1) is 5.75 Å². The van der Waals surface area contributed by atoms with Crippen LogP contribution in [0.25, 0.3) is 0 Å². The van der Waals surface area contributed by atoms with E-state index < -0.39 is 0 Å². The van der Waals surface area contributed by atoms with Gasteiger partial charge >= 0.3 is 0 Å². The second-order valence-electron chi connectivity index (χ2n) is 3.56. The third-order valence-electron chi connectivity index (χ3n) is 2.25. The molecule has 0 saturated heterocycles. The monoisotopic (exact) mass is 249 g/mol. The van der Waals surface area contributed by atoms with Gasteiger partial charge in [-0.1, -0.05) is 24.2 Å². The molecule has 0 bridgehead atoms. The van der Waals surface area contributed by atoms with Crippen molar-refractivity contribution >= 4 is 11.8 Å². The van der Waals surface area contributed by atoms with Gasteiger partial charge in [-0.3, -0.25) is 0 Å². The van der Waals surface area contributed by atoms with Gasteiger partial charge in [-0.2, -0.15) is 4.98 Å². The summed E-state index contributed by atoms with van der Waals surface area (Å²) in [5, 5.41) is 7.10. The Morgan fingerprint density at radius 1 is 1.41 bits per heavy atom. The smallest absolute Gasteiger partial charge is 0.213 e. The van der Waals surface area contributed by atoms with Gasteiger partial charge < -0.3 is 9.84 Å². The summed E-state index contributed by atoms with van der Waals surface area (Å²) in [6.45, 7) is 4.00. The number of rotatable bonds is 6. The Hall–Kier alpha value is -1.33. The summed E-state index contributed by atoms with van der Waals surface area (Å²) in [5.74, 6) is 1.47. The molecule has 90 valence electrons. The van der Waals surface area contributed by atoms with Crippen molar-refractivity contribution in [1.82, 2.24) is 15.5 Å². The highest BCUT2D eigenvalue weighted by Crippen LogP contribution is 2.22. The highest BCUT2D eigenvalue weighted by atomic mass is 32.2. The second kappa shape index (κ2) is 6.42. The van der Waals surface area contributed by atoms with Crippen LogP contribution in [-0.4, -0.2) is 16.7 Å². The lowest BCUT2D eigenvalue weighted by Crippen LogP contribution is -2.11. The van der Waals surface area contributed by atoms with Crippen LogP contribution in [0.15, 0.2) is 40.1 Å². The van der Waals surface area contributed by atoms with Crippen LogP contribution in [0.2, 0.25) is 0 Å². The predicted octanol–water partition coefficient (Wildman–Crippen LogP) is 2.47. The van der Waals surface area contributed by atoms with Crippen molar-refractivity contribution in [3.63, 3.8) is 0 Å². The Morgan fingerprint density at radius 3 is 3.12 bits per heavy atom. The Labute approximate surface area is 105 Å². The minimum absolute atomic E-state index is 0.729. The molecule has 0 aliphatic carbocycles. The molecule has 0 radical (unpaired) electrons. The van der Waals surface area contributed by atoms with Gasteiger partial charge in [-0.15, -0.1) is 11.8 Å². The van der Waals surface area contributed by atoms with Gasteiger partial charge in [0.2, 0.25) is 6.39 Å². The van der Waals surface area contributed by atoms with Gasteiger partial charge in [0.25, 0.3) is 0 Å². The maximum atomic E-state index is 4.70. The predicted molar refractivity (Wildman–Crippen MR) is 67.7 cm³/mol. The lowest BCUT2D eigenvalue weighted by atomic mass is 10.2. The molecule has 0 spiro atoms. The lowest BCUT2D eigenvalue weighted by molar-refractivity contribution is 0.412. The summed E-state index contributed by atoms with van der Waals surface area (Å²) in [4.78, 5) is 5.22. The van der Waals surface area contributed by atoms with E-state index in [1.165, 1.54) is 16.9 Å². The molecule has 2 rings (SSSR count). The molecular formula is C12H15N3OS. The maximum Gasteiger partial charge on any atom is 0.213 e. The largest absolute Gasteiger partial charge is 0.343 e. The fourth-order valence-corrected chi connectivity index (χ4v) is 2.25. The van der Waals surface area contributed by atoms with Crippen LogP contribution in [-0.2, 0) is 12.3 Å². The number of nitrogens with zero attached hydrogens (tertiary/aromatic N) is 2. The highest BCUT2D eigenvalue weighted by Gasteiger charge is 2.01. The normalized spacial score (nSPS) is 10.6. The summed E-state index contributed by atoms with van der Waals surface area (Å²) in [7, 11) is 0. The summed E-state index contributed by atoms with van der Waals surface area (Å²) in [6.07, 6.45) is 1.36. The van der Waals surface area contributed by atoms with Crippen molar-refractivity contribution in [1.29, 1.82) is 0 Å². The molecule has 4 nitrogen and oxygen atoms in total. The van der Waals surface area contributed by atoms with Crippen molar-refractivity contribution in [3.8, 4) is 0 Å². The molecule has 0 atom stereocenters. The minimum atomic E-state index is 0.729. The number of benzene rings is 1. The van der Waals surface area contributed by atoms with E-state index in [0.29, 0.717) is 0 Å². The van der Waals surface area contributed by atoms with E-state index in [4.69, 9.17) is 4.52 Å². The Bertz CT molecular complexity index is 445. The quantitative estimate of drug-likeness (QED) is 0.797. The summed E-state index contributed by atoms with van der Waals surface area (Å²) < 4.78 is 4.70. The molecule has 0 unspecified atom stereocenters. The minimum Gasteiger partial charge on any atom is -0.343 e. The van der Waals surface area contributed by atoms with Crippen LogP contribution < -0.4 is 5.32 Å². The molecule has 5 heteroatoms.